The molecular weight excluding hydrogens is 192 g/mol. The highest BCUT2D eigenvalue weighted by molar-refractivity contribution is 5.71. The number of carbonyl (C=O) groups is 1. The average molecular weight is 207 g/mol. The van der Waals surface area contributed by atoms with Crippen LogP contribution < -0.4 is 4.74 Å². The van der Waals surface area contributed by atoms with Crippen LogP contribution >= 0.6 is 0 Å². The Morgan fingerprint density at radius 2 is 2.20 bits per heavy atom. The van der Waals surface area contributed by atoms with Crippen LogP contribution in [-0.4, -0.2) is 18.2 Å². The lowest BCUT2D eigenvalue weighted by Crippen LogP contribution is -2.27. The molecular formula is C12H15O3. The maximum Gasteiger partial charge on any atom is 0.344 e. The van der Waals surface area contributed by atoms with E-state index in [4.69, 9.17) is 9.47 Å². The molecule has 0 bridgehead atoms. The first-order valence-electron chi connectivity index (χ1n) is 4.78. The summed E-state index contributed by atoms with van der Waals surface area (Å²) >= 11 is 0. The van der Waals surface area contributed by atoms with Crippen LogP contribution in [0.4, 0.5) is 0 Å². The van der Waals surface area contributed by atoms with Gasteiger partial charge in [0.05, 0.1) is 0 Å². The summed E-state index contributed by atoms with van der Waals surface area (Å²) in [7, 11) is 0. The Hall–Kier alpha value is -1.51. The second-order valence-electron chi connectivity index (χ2n) is 4.11. The summed E-state index contributed by atoms with van der Waals surface area (Å²) in [5.41, 5.74) is -0.469. The van der Waals surface area contributed by atoms with Crippen molar-refractivity contribution in [3.8, 4) is 5.75 Å². The minimum atomic E-state index is -0.469. The summed E-state index contributed by atoms with van der Waals surface area (Å²) < 4.78 is 10.3. The molecule has 0 aromatic heterocycles. The van der Waals surface area contributed by atoms with Gasteiger partial charge in [0.1, 0.15) is 11.4 Å². The monoisotopic (exact) mass is 207 g/mol. The highest BCUT2D eigenvalue weighted by Crippen LogP contribution is 2.10. The van der Waals surface area contributed by atoms with Gasteiger partial charge in [-0.05, 0) is 39.0 Å². The third-order valence-corrected chi connectivity index (χ3v) is 1.46. The van der Waals surface area contributed by atoms with Crippen molar-refractivity contribution in [3.63, 3.8) is 0 Å². The van der Waals surface area contributed by atoms with Crippen LogP contribution in [0.3, 0.4) is 0 Å². The second-order valence-corrected chi connectivity index (χ2v) is 4.11. The molecule has 3 heteroatoms. The minimum absolute atomic E-state index is 0.0743. The van der Waals surface area contributed by atoms with Crippen molar-refractivity contribution in [2.75, 3.05) is 6.61 Å². The first-order chi connectivity index (χ1) is 6.97. The third-order valence-electron chi connectivity index (χ3n) is 1.46. The van der Waals surface area contributed by atoms with Gasteiger partial charge in [-0.1, -0.05) is 12.1 Å². The van der Waals surface area contributed by atoms with Crippen molar-refractivity contribution in [2.24, 2.45) is 0 Å². The number of ether oxygens (including phenoxy) is 2. The molecule has 0 heterocycles. The van der Waals surface area contributed by atoms with E-state index >= 15 is 0 Å². The van der Waals surface area contributed by atoms with E-state index in [1.54, 1.807) is 24.3 Å². The molecule has 0 spiro atoms. The standard InChI is InChI=1S/C12H15O3/c1-12(2,3)15-11(13)9-14-10-7-5-4-6-8-10/h4-5,7-8H,9H2,1-3H3. The Morgan fingerprint density at radius 1 is 1.47 bits per heavy atom. The second kappa shape index (κ2) is 4.82. The van der Waals surface area contributed by atoms with Crippen molar-refractivity contribution in [1.29, 1.82) is 0 Å². The van der Waals surface area contributed by atoms with Gasteiger partial charge in [-0.15, -0.1) is 0 Å². The summed E-state index contributed by atoms with van der Waals surface area (Å²) in [5.74, 6) is 0.245. The molecule has 0 aliphatic carbocycles. The van der Waals surface area contributed by atoms with E-state index in [-0.39, 0.29) is 12.6 Å². The molecule has 0 aliphatic rings. The molecule has 0 amide bonds. The Balaban J connectivity index is 2.35. The fourth-order valence-corrected chi connectivity index (χ4v) is 0.980. The van der Waals surface area contributed by atoms with Gasteiger partial charge < -0.3 is 9.47 Å². The normalized spacial score (nSPS) is 10.9. The van der Waals surface area contributed by atoms with Crippen LogP contribution in [0.1, 0.15) is 20.8 Å². The summed E-state index contributed by atoms with van der Waals surface area (Å²) in [4.78, 5) is 11.3. The lowest BCUT2D eigenvalue weighted by atomic mass is 10.2. The van der Waals surface area contributed by atoms with Crippen LogP contribution in [0, 0.1) is 6.07 Å². The van der Waals surface area contributed by atoms with E-state index < -0.39 is 5.60 Å². The lowest BCUT2D eigenvalue weighted by Gasteiger charge is -2.19. The summed E-state index contributed by atoms with van der Waals surface area (Å²) in [6.45, 7) is 5.39. The first-order valence-corrected chi connectivity index (χ1v) is 4.78. The number of esters is 1. The third kappa shape index (κ3) is 5.05. The number of hydrogen-bond donors (Lipinski definition) is 0. The Kier molecular flexibility index (Phi) is 3.72. The molecule has 1 rings (SSSR count). The van der Waals surface area contributed by atoms with E-state index in [9.17, 15) is 4.79 Å². The van der Waals surface area contributed by atoms with Gasteiger partial charge in [-0.3, -0.25) is 0 Å². The molecule has 0 saturated carbocycles. The predicted molar refractivity (Wildman–Crippen MR) is 56.6 cm³/mol. The zero-order chi connectivity index (χ0) is 11.3. The molecule has 0 unspecified atom stereocenters. The van der Waals surface area contributed by atoms with Gasteiger partial charge in [0, 0.05) is 0 Å². The van der Waals surface area contributed by atoms with Crippen molar-refractivity contribution in [3.05, 3.63) is 30.3 Å². The van der Waals surface area contributed by atoms with E-state index in [0.29, 0.717) is 5.75 Å². The van der Waals surface area contributed by atoms with Gasteiger partial charge in [-0.25, -0.2) is 4.79 Å². The van der Waals surface area contributed by atoms with Crippen molar-refractivity contribution >= 4 is 5.97 Å². The smallest absolute Gasteiger partial charge is 0.344 e. The molecule has 1 aromatic rings. The molecule has 81 valence electrons. The zero-order valence-corrected chi connectivity index (χ0v) is 9.24. The molecule has 1 aromatic carbocycles. The lowest BCUT2D eigenvalue weighted by molar-refractivity contribution is -0.157. The van der Waals surface area contributed by atoms with E-state index in [1.807, 2.05) is 20.8 Å². The van der Waals surface area contributed by atoms with Gasteiger partial charge in [0.25, 0.3) is 0 Å². The molecule has 0 N–H and O–H groups in total. The molecule has 0 saturated heterocycles. The maximum absolute atomic E-state index is 11.3. The van der Waals surface area contributed by atoms with E-state index in [0.717, 1.165) is 0 Å². The fourth-order valence-electron chi connectivity index (χ4n) is 0.980. The SMILES string of the molecule is CC(C)(C)OC(=O)COc1c[c]ccc1. The van der Waals surface area contributed by atoms with Gasteiger partial charge >= 0.3 is 5.97 Å². The average Bonchev–Trinajstić information content (AvgIpc) is 2.14. The Labute approximate surface area is 90.0 Å². The van der Waals surface area contributed by atoms with Crippen molar-refractivity contribution < 1.29 is 14.3 Å². The van der Waals surface area contributed by atoms with Crippen molar-refractivity contribution in [2.45, 2.75) is 26.4 Å². The minimum Gasteiger partial charge on any atom is -0.482 e. The van der Waals surface area contributed by atoms with Crippen LogP contribution in [0.25, 0.3) is 0 Å². The number of hydrogen-bond acceptors (Lipinski definition) is 3. The first kappa shape index (κ1) is 11.6. The topological polar surface area (TPSA) is 35.5 Å². The van der Waals surface area contributed by atoms with Gasteiger partial charge in [0.2, 0.25) is 0 Å². The fraction of sp³-hybridized carbons (Fsp3) is 0.417. The molecule has 0 fully saturated rings. The van der Waals surface area contributed by atoms with E-state index in [2.05, 4.69) is 6.07 Å². The van der Waals surface area contributed by atoms with Crippen LogP contribution in [-0.2, 0) is 9.53 Å². The number of carbonyl (C=O) groups excluding carboxylic acids is 1. The quantitative estimate of drug-likeness (QED) is 0.713. The van der Waals surface area contributed by atoms with Gasteiger partial charge in [-0.2, -0.15) is 0 Å². The van der Waals surface area contributed by atoms with Gasteiger partial charge in [0.15, 0.2) is 6.61 Å². The van der Waals surface area contributed by atoms with Crippen molar-refractivity contribution in [1.82, 2.24) is 0 Å². The molecule has 0 atom stereocenters. The summed E-state index contributed by atoms with van der Waals surface area (Å²) in [6, 6.07) is 9.85. The highest BCUT2D eigenvalue weighted by atomic mass is 16.6. The molecule has 1 radical (unpaired) electrons. The largest absolute Gasteiger partial charge is 0.482 e. The molecule has 0 aliphatic heterocycles. The highest BCUT2D eigenvalue weighted by Gasteiger charge is 2.16. The summed E-state index contributed by atoms with van der Waals surface area (Å²) in [6.07, 6.45) is 0. The zero-order valence-electron chi connectivity index (χ0n) is 9.24. The number of rotatable bonds is 3. The predicted octanol–water partition coefficient (Wildman–Crippen LogP) is 2.21. The van der Waals surface area contributed by atoms with Crippen LogP contribution in [0.5, 0.6) is 5.75 Å². The molecule has 3 nitrogen and oxygen atoms in total. The van der Waals surface area contributed by atoms with E-state index in [1.165, 1.54) is 0 Å². The van der Waals surface area contributed by atoms with Crippen LogP contribution in [0.15, 0.2) is 24.3 Å². The number of benzene rings is 1. The Morgan fingerprint density at radius 3 is 2.73 bits per heavy atom. The van der Waals surface area contributed by atoms with Crippen LogP contribution in [0.2, 0.25) is 0 Å². The molecule has 15 heavy (non-hydrogen) atoms. The summed E-state index contributed by atoms with van der Waals surface area (Å²) in [5, 5.41) is 0. The maximum atomic E-state index is 11.3. The Bertz CT molecular complexity index is 311.